The Bertz CT molecular complexity index is 740. The van der Waals surface area contributed by atoms with Crippen LogP contribution < -0.4 is 4.90 Å². The normalized spacial score (nSPS) is 15.3. The molecule has 2 heterocycles. The van der Waals surface area contributed by atoms with E-state index in [0.717, 1.165) is 22.3 Å². The highest BCUT2D eigenvalue weighted by Gasteiger charge is 2.27. The molecule has 1 aliphatic heterocycles. The number of fused-ring (bicyclic) bond motifs is 1. The fourth-order valence-corrected chi connectivity index (χ4v) is 2.85. The van der Waals surface area contributed by atoms with Crippen LogP contribution in [-0.2, 0) is 0 Å². The zero-order chi connectivity index (χ0) is 15.1. The summed E-state index contributed by atoms with van der Waals surface area (Å²) in [6.45, 7) is 7.03. The van der Waals surface area contributed by atoms with Gasteiger partial charge < -0.3 is 4.90 Å². The van der Waals surface area contributed by atoms with Crippen molar-refractivity contribution < 1.29 is 4.39 Å². The molecule has 21 heavy (non-hydrogen) atoms. The highest BCUT2D eigenvalue weighted by Crippen LogP contribution is 2.33. The molecule has 4 heteroatoms. The molecule has 0 spiro atoms. The average molecular weight is 283 g/mol. The Labute approximate surface area is 124 Å². The maximum absolute atomic E-state index is 13.1. The van der Waals surface area contributed by atoms with Crippen LogP contribution in [0.15, 0.2) is 18.2 Å². The first kappa shape index (κ1) is 13.8. The number of benzene rings is 1. The third-order valence-corrected chi connectivity index (χ3v) is 4.00. The third kappa shape index (κ3) is 2.33. The van der Waals surface area contributed by atoms with Crippen molar-refractivity contribution in [1.82, 2.24) is 4.98 Å². The number of hydrogen-bond acceptors (Lipinski definition) is 3. The largest absolute Gasteiger partial charge is 0.366 e. The summed E-state index contributed by atoms with van der Waals surface area (Å²) in [5, 5.41) is 10.4. The molecule has 2 aromatic rings. The monoisotopic (exact) mass is 283 g/mol. The van der Waals surface area contributed by atoms with E-state index < -0.39 is 6.17 Å². The summed E-state index contributed by atoms with van der Waals surface area (Å²) in [6, 6.07) is 8.18. The summed E-state index contributed by atoms with van der Waals surface area (Å²) < 4.78 is 13.1. The van der Waals surface area contributed by atoms with Gasteiger partial charge in [0.15, 0.2) is 0 Å². The third-order valence-electron chi connectivity index (χ3n) is 4.00. The Hall–Kier alpha value is -2.15. The average Bonchev–Trinajstić information content (AvgIpc) is 2.42. The van der Waals surface area contributed by atoms with Gasteiger partial charge >= 0.3 is 0 Å². The van der Waals surface area contributed by atoms with Gasteiger partial charge in [-0.05, 0) is 36.6 Å². The van der Waals surface area contributed by atoms with E-state index in [2.05, 4.69) is 31.0 Å². The number of pyridine rings is 1. The summed E-state index contributed by atoms with van der Waals surface area (Å²) in [5.41, 5.74) is 4.34. The van der Waals surface area contributed by atoms with E-state index in [1.165, 1.54) is 5.56 Å². The van der Waals surface area contributed by atoms with Crippen LogP contribution >= 0.6 is 0 Å². The molecule has 0 N–H and O–H groups in total. The lowest BCUT2D eigenvalue weighted by Gasteiger charge is -2.36. The minimum absolute atomic E-state index is 0.348. The lowest BCUT2D eigenvalue weighted by molar-refractivity contribution is 0.275. The van der Waals surface area contributed by atoms with E-state index in [0.29, 0.717) is 24.6 Å². The molecule has 1 aromatic heterocycles. The molecule has 0 aliphatic carbocycles. The topological polar surface area (TPSA) is 39.9 Å². The van der Waals surface area contributed by atoms with E-state index >= 15 is 0 Å². The van der Waals surface area contributed by atoms with Gasteiger partial charge in [-0.1, -0.05) is 13.8 Å². The fraction of sp³-hybridized carbons (Fsp3) is 0.412. The van der Waals surface area contributed by atoms with Crippen LogP contribution in [0.25, 0.3) is 10.9 Å². The summed E-state index contributed by atoms with van der Waals surface area (Å²) in [5.74, 6) is 0.348. The van der Waals surface area contributed by atoms with Crippen LogP contribution in [0.2, 0.25) is 0 Å². The Kier molecular flexibility index (Phi) is 3.29. The summed E-state index contributed by atoms with van der Waals surface area (Å²) in [7, 11) is 0. The van der Waals surface area contributed by atoms with Crippen molar-refractivity contribution in [2.45, 2.75) is 32.9 Å². The first-order valence-electron chi connectivity index (χ1n) is 7.24. The Morgan fingerprint density at radius 2 is 2.05 bits per heavy atom. The predicted octanol–water partition coefficient (Wildman–Crippen LogP) is 3.70. The van der Waals surface area contributed by atoms with Gasteiger partial charge in [0.25, 0.3) is 0 Å². The Morgan fingerprint density at radius 1 is 1.33 bits per heavy atom. The minimum Gasteiger partial charge on any atom is -0.366 e. The zero-order valence-corrected chi connectivity index (χ0v) is 12.5. The van der Waals surface area contributed by atoms with Crippen LogP contribution in [0.4, 0.5) is 10.1 Å². The molecule has 1 fully saturated rings. The number of hydrogen-bond donors (Lipinski definition) is 0. The van der Waals surface area contributed by atoms with Crippen molar-refractivity contribution in [1.29, 1.82) is 5.26 Å². The van der Waals surface area contributed by atoms with Gasteiger partial charge in [0.1, 0.15) is 12.2 Å². The van der Waals surface area contributed by atoms with Crippen molar-refractivity contribution in [2.75, 3.05) is 18.0 Å². The van der Waals surface area contributed by atoms with Crippen LogP contribution in [-0.4, -0.2) is 24.2 Å². The number of alkyl halides is 1. The van der Waals surface area contributed by atoms with Crippen LogP contribution in [0.5, 0.6) is 0 Å². The molecular formula is C17H18FN3. The van der Waals surface area contributed by atoms with E-state index in [-0.39, 0.29) is 0 Å². The number of anilines is 1. The molecule has 1 saturated heterocycles. The smallest absolute Gasteiger partial charge is 0.135 e. The van der Waals surface area contributed by atoms with Gasteiger partial charge in [-0.25, -0.2) is 4.39 Å². The second-order valence-corrected chi connectivity index (χ2v) is 6.01. The molecule has 0 radical (unpaired) electrons. The summed E-state index contributed by atoms with van der Waals surface area (Å²) >= 11 is 0. The molecule has 3 nitrogen and oxygen atoms in total. The van der Waals surface area contributed by atoms with Gasteiger partial charge in [0.05, 0.1) is 24.2 Å². The van der Waals surface area contributed by atoms with Crippen LogP contribution in [0, 0.1) is 18.3 Å². The molecule has 0 unspecified atom stereocenters. The van der Waals surface area contributed by atoms with Gasteiger partial charge in [-0.3, -0.25) is 4.98 Å². The number of aromatic nitrogens is 1. The molecule has 1 aromatic carbocycles. The summed E-state index contributed by atoms with van der Waals surface area (Å²) in [6.07, 6.45) is -0.757. The Morgan fingerprint density at radius 3 is 2.62 bits per heavy atom. The number of halogens is 1. The van der Waals surface area contributed by atoms with E-state index in [4.69, 9.17) is 0 Å². The van der Waals surface area contributed by atoms with Crippen molar-refractivity contribution in [3.05, 3.63) is 35.0 Å². The number of nitrogens with zero attached hydrogens (tertiary/aromatic N) is 3. The minimum atomic E-state index is -0.757. The SMILES string of the molecule is Cc1cc(C(C)C)c2cc(N3CC(F)C3)cc(C#N)c2n1. The molecule has 1 aliphatic rings. The molecule has 0 saturated carbocycles. The summed E-state index contributed by atoms with van der Waals surface area (Å²) in [4.78, 5) is 6.50. The van der Waals surface area contributed by atoms with Gasteiger partial charge in [-0.2, -0.15) is 5.26 Å². The molecule has 108 valence electrons. The molecule has 0 amide bonds. The molecule has 0 bridgehead atoms. The van der Waals surface area contributed by atoms with Crippen LogP contribution in [0.1, 0.15) is 36.6 Å². The molecule has 0 atom stereocenters. The van der Waals surface area contributed by atoms with Gasteiger partial charge in [0, 0.05) is 16.8 Å². The maximum atomic E-state index is 13.1. The van der Waals surface area contributed by atoms with Crippen molar-refractivity contribution >= 4 is 16.6 Å². The van der Waals surface area contributed by atoms with Crippen molar-refractivity contribution in [3.8, 4) is 6.07 Å². The van der Waals surface area contributed by atoms with E-state index in [9.17, 15) is 9.65 Å². The van der Waals surface area contributed by atoms with Gasteiger partial charge in [0.2, 0.25) is 0 Å². The maximum Gasteiger partial charge on any atom is 0.135 e. The first-order chi connectivity index (χ1) is 9.99. The quantitative estimate of drug-likeness (QED) is 0.843. The van der Waals surface area contributed by atoms with Crippen molar-refractivity contribution in [2.24, 2.45) is 0 Å². The molecule has 3 rings (SSSR count). The number of rotatable bonds is 2. The van der Waals surface area contributed by atoms with E-state index in [1.807, 2.05) is 24.0 Å². The van der Waals surface area contributed by atoms with Crippen LogP contribution in [0.3, 0.4) is 0 Å². The standard InChI is InChI=1S/C17H18FN3/c1-10(2)15-4-11(3)20-17-12(7-19)5-14(6-16(15)17)21-8-13(18)9-21/h4-6,10,13H,8-9H2,1-3H3. The predicted molar refractivity (Wildman–Crippen MR) is 82.4 cm³/mol. The Balaban J connectivity index is 2.24. The zero-order valence-electron chi connectivity index (χ0n) is 12.5. The fourth-order valence-electron chi connectivity index (χ4n) is 2.85. The lowest BCUT2D eigenvalue weighted by Crippen LogP contribution is -2.48. The highest BCUT2D eigenvalue weighted by atomic mass is 19.1. The highest BCUT2D eigenvalue weighted by molar-refractivity contribution is 5.91. The number of aryl methyl sites for hydroxylation is 1. The first-order valence-corrected chi connectivity index (χ1v) is 7.24. The second kappa shape index (κ2) is 5.00. The van der Waals surface area contributed by atoms with Crippen molar-refractivity contribution in [3.63, 3.8) is 0 Å². The van der Waals surface area contributed by atoms with E-state index in [1.54, 1.807) is 0 Å². The number of nitriles is 1. The second-order valence-electron chi connectivity index (χ2n) is 6.01. The lowest BCUT2D eigenvalue weighted by atomic mass is 9.95. The molecular weight excluding hydrogens is 265 g/mol. The van der Waals surface area contributed by atoms with Gasteiger partial charge in [-0.15, -0.1) is 0 Å².